The number of hydrogen-bond donors (Lipinski definition) is 0. The molecule has 0 aliphatic heterocycles. The molecular formula is C16H19ClFN. The molecule has 1 nitrogen and oxygen atoms in total. The third-order valence-corrected chi connectivity index (χ3v) is 4.61. The molecule has 0 N–H and O–H groups in total. The maximum Gasteiger partial charge on any atom is 0.142 e. The van der Waals surface area contributed by atoms with Crippen molar-refractivity contribution in [2.45, 2.75) is 45.1 Å². The second-order valence-electron chi connectivity index (χ2n) is 5.63. The molecule has 0 amide bonds. The van der Waals surface area contributed by atoms with Gasteiger partial charge in [-0.2, -0.15) is 0 Å². The zero-order chi connectivity index (χ0) is 13.2. The van der Waals surface area contributed by atoms with Crippen molar-refractivity contribution in [2.24, 2.45) is 5.92 Å². The minimum absolute atomic E-state index is 0.213. The summed E-state index contributed by atoms with van der Waals surface area (Å²) in [5, 5.41) is 1.15. The molecule has 1 aromatic heterocycles. The Morgan fingerprint density at radius 3 is 2.79 bits per heavy atom. The summed E-state index contributed by atoms with van der Waals surface area (Å²) in [6.45, 7) is 1.01. The number of hydrogen-bond acceptors (Lipinski definition) is 0. The van der Waals surface area contributed by atoms with E-state index in [0.29, 0.717) is 0 Å². The van der Waals surface area contributed by atoms with Crippen molar-refractivity contribution in [3.63, 3.8) is 0 Å². The molecule has 0 radical (unpaired) electrons. The standard InChI is InChI=1S/C16H19ClFN/c17-14-11-16-13(10-15(14)18)7-9-19(16)8-6-12-4-2-1-3-5-12/h7,9-12H,1-6,8H2. The smallest absolute Gasteiger partial charge is 0.142 e. The van der Waals surface area contributed by atoms with Crippen LogP contribution in [-0.4, -0.2) is 4.57 Å². The Kier molecular flexibility index (Phi) is 3.79. The number of fused-ring (bicyclic) bond motifs is 1. The molecule has 1 aliphatic rings. The van der Waals surface area contributed by atoms with E-state index in [1.165, 1.54) is 44.6 Å². The van der Waals surface area contributed by atoms with E-state index in [1.54, 1.807) is 6.07 Å². The second kappa shape index (κ2) is 5.54. The zero-order valence-electron chi connectivity index (χ0n) is 11.0. The average molecular weight is 280 g/mol. The van der Waals surface area contributed by atoms with E-state index >= 15 is 0 Å². The number of rotatable bonds is 3. The fraction of sp³-hybridized carbons (Fsp3) is 0.500. The Morgan fingerprint density at radius 1 is 1.21 bits per heavy atom. The number of aromatic nitrogens is 1. The molecule has 3 heteroatoms. The van der Waals surface area contributed by atoms with E-state index < -0.39 is 0 Å². The Bertz CT molecular complexity index is 569. The molecule has 0 saturated heterocycles. The van der Waals surface area contributed by atoms with Crippen molar-refractivity contribution in [3.8, 4) is 0 Å². The van der Waals surface area contributed by atoms with E-state index in [4.69, 9.17) is 11.6 Å². The highest BCUT2D eigenvalue weighted by atomic mass is 35.5. The van der Waals surface area contributed by atoms with Gasteiger partial charge >= 0.3 is 0 Å². The van der Waals surface area contributed by atoms with E-state index in [2.05, 4.69) is 4.57 Å². The molecule has 2 aromatic rings. The van der Waals surface area contributed by atoms with Crippen LogP contribution < -0.4 is 0 Å². The number of aryl methyl sites for hydroxylation is 1. The van der Waals surface area contributed by atoms with Gasteiger partial charge in [-0.15, -0.1) is 0 Å². The highest BCUT2D eigenvalue weighted by molar-refractivity contribution is 6.31. The summed E-state index contributed by atoms with van der Waals surface area (Å²) in [5.41, 5.74) is 1.04. The molecule has 0 atom stereocenters. The van der Waals surface area contributed by atoms with Gasteiger partial charge in [0.2, 0.25) is 0 Å². The topological polar surface area (TPSA) is 4.93 Å². The lowest BCUT2D eigenvalue weighted by Crippen LogP contribution is -2.09. The monoisotopic (exact) mass is 279 g/mol. The molecule has 1 saturated carbocycles. The van der Waals surface area contributed by atoms with Gasteiger partial charge < -0.3 is 4.57 Å². The largest absolute Gasteiger partial charge is 0.347 e. The van der Waals surface area contributed by atoms with Crippen LogP contribution in [-0.2, 0) is 6.54 Å². The molecule has 1 aromatic carbocycles. The SMILES string of the molecule is Fc1cc2ccn(CCC3CCCCC3)c2cc1Cl. The lowest BCUT2D eigenvalue weighted by molar-refractivity contribution is 0.325. The van der Waals surface area contributed by atoms with Crippen LogP contribution >= 0.6 is 11.6 Å². The van der Waals surface area contributed by atoms with Gasteiger partial charge in [0, 0.05) is 23.6 Å². The molecule has 1 fully saturated rings. The summed E-state index contributed by atoms with van der Waals surface area (Å²) in [6.07, 6.45) is 10.2. The van der Waals surface area contributed by atoms with Gasteiger partial charge in [-0.25, -0.2) is 4.39 Å². The van der Waals surface area contributed by atoms with Gasteiger partial charge in [0.25, 0.3) is 0 Å². The molecule has 0 bridgehead atoms. The van der Waals surface area contributed by atoms with Crippen molar-refractivity contribution < 1.29 is 4.39 Å². The molecule has 19 heavy (non-hydrogen) atoms. The molecule has 102 valence electrons. The lowest BCUT2D eigenvalue weighted by atomic mass is 9.87. The Labute approximate surface area is 118 Å². The third kappa shape index (κ3) is 2.79. The molecule has 1 aliphatic carbocycles. The Balaban J connectivity index is 1.75. The molecule has 1 heterocycles. The van der Waals surface area contributed by atoms with E-state index in [-0.39, 0.29) is 10.8 Å². The van der Waals surface area contributed by atoms with Crippen molar-refractivity contribution >= 4 is 22.5 Å². The summed E-state index contributed by atoms with van der Waals surface area (Å²) in [6, 6.07) is 5.23. The van der Waals surface area contributed by atoms with Gasteiger partial charge in [-0.05, 0) is 30.5 Å². The van der Waals surface area contributed by atoms with Crippen molar-refractivity contribution in [1.29, 1.82) is 0 Å². The predicted octanol–water partition coefficient (Wildman–Crippen LogP) is 5.40. The maximum absolute atomic E-state index is 13.4. The summed E-state index contributed by atoms with van der Waals surface area (Å²) >= 11 is 5.88. The fourth-order valence-electron chi connectivity index (χ4n) is 3.18. The Hall–Kier alpha value is -1.02. The van der Waals surface area contributed by atoms with Crippen LogP contribution in [0.3, 0.4) is 0 Å². The number of benzene rings is 1. The van der Waals surface area contributed by atoms with Gasteiger partial charge in [-0.1, -0.05) is 43.7 Å². The van der Waals surface area contributed by atoms with Gasteiger partial charge in [0.05, 0.1) is 5.02 Å². The summed E-state index contributed by atoms with van der Waals surface area (Å²) in [4.78, 5) is 0. The quantitative estimate of drug-likeness (QED) is 0.708. The maximum atomic E-state index is 13.4. The van der Waals surface area contributed by atoms with Crippen LogP contribution in [0.1, 0.15) is 38.5 Å². The second-order valence-corrected chi connectivity index (χ2v) is 6.03. The van der Waals surface area contributed by atoms with Crippen LogP contribution in [0, 0.1) is 11.7 Å². The fourth-order valence-corrected chi connectivity index (χ4v) is 3.33. The van der Waals surface area contributed by atoms with Crippen molar-refractivity contribution in [1.82, 2.24) is 4.57 Å². The predicted molar refractivity (Wildman–Crippen MR) is 78.1 cm³/mol. The van der Waals surface area contributed by atoms with Gasteiger partial charge in [0.1, 0.15) is 5.82 Å². The van der Waals surface area contributed by atoms with Crippen LogP contribution in [0.25, 0.3) is 10.9 Å². The van der Waals surface area contributed by atoms with Crippen LogP contribution in [0.2, 0.25) is 5.02 Å². The van der Waals surface area contributed by atoms with Gasteiger partial charge in [-0.3, -0.25) is 0 Å². The van der Waals surface area contributed by atoms with E-state index in [0.717, 1.165) is 23.4 Å². The molecular weight excluding hydrogens is 261 g/mol. The molecule has 3 rings (SSSR count). The summed E-state index contributed by atoms with van der Waals surface area (Å²) in [5.74, 6) is 0.529. The number of halogens is 2. The first-order valence-corrected chi connectivity index (χ1v) is 7.56. The Morgan fingerprint density at radius 2 is 2.00 bits per heavy atom. The van der Waals surface area contributed by atoms with Crippen molar-refractivity contribution in [3.05, 3.63) is 35.2 Å². The van der Waals surface area contributed by atoms with Crippen molar-refractivity contribution in [2.75, 3.05) is 0 Å². The van der Waals surface area contributed by atoms with Crippen LogP contribution in [0.15, 0.2) is 24.4 Å². The first kappa shape index (κ1) is 13.0. The highest BCUT2D eigenvalue weighted by Gasteiger charge is 2.14. The molecule has 0 unspecified atom stereocenters. The first-order chi connectivity index (χ1) is 9.24. The molecule has 0 spiro atoms. The van der Waals surface area contributed by atoms with E-state index in [1.807, 2.05) is 12.3 Å². The minimum Gasteiger partial charge on any atom is -0.347 e. The zero-order valence-corrected chi connectivity index (χ0v) is 11.8. The lowest BCUT2D eigenvalue weighted by Gasteiger charge is -2.21. The summed E-state index contributed by atoms with van der Waals surface area (Å²) in [7, 11) is 0. The highest BCUT2D eigenvalue weighted by Crippen LogP contribution is 2.28. The number of nitrogens with zero attached hydrogens (tertiary/aromatic N) is 1. The normalized spacial score (nSPS) is 17.2. The minimum atomic E-state index is -0.334. The van der Waals surface area contributed by atoms with Gasteiger partial charge in [0.15, 0.2) is 0 Å². The van der Waals surface area contributed by atoms with Crippen LogP contribution in [0.4, 0.5) is 4.39 Å². The average Bonchev–Trinajstić information content (AvgIpc) is 2.80. The summed E-state index contributed by atoms with van der Waals surface area (Å²) < 4.78 is 15.6. The first-order valence-electron chi connectivity index (χ1n) is 7.18. The van der Waals surface area contributed by atoms with E-state index in [9.17, 15) is 4.39 Å². The van der Waals surface area contributed by atoms with Crippen LogP contribution in [0.5, 0.6) is 0 Å². The third-order valence-electron chi connectivity index (χ3n) is 4.32.